The summed E-state index contributed by atoms with van der Waals surface area (Å²) in [5.41, 5.74) is 1.89. The van der Waals surface area contributed by atoms with Crippen molar-refractivity contribution in [2.24, 2.45) is 11.8 Å². The van der Waals surface area contributed by atoms with Gasteiger partial charge in [-0.05, 0) is 29.7 Å². The quantitative estimate of drug-likeness (QED) is 0.314. The summed E-state index contributed by atoms with van der Waals surface area (Å²) in [6, 6.07) is 18.4. The molecule has 3 aromatic rings. The highest BCUT2D eigenvalue weighted by Crippen LogP contribution is 2.50. The number of thiophene rings is 1. The van der Waals surface area contributed by atoms with Gasteiger partial charge in [-0.15, -0.1) is 11.3 Å². The Hall–Kier alpha value is -3.62. The molecule has 7 nitrogen and oxygen atoms in total. The van der Waals surface area contributed by atoms with E-state index in [0.717, 1.165) is 26.5 Å². The van der Waals surface area contributed by atoms with E-state index in [0.29, 0.717) is 5.56 Å². The van der Waals surface area contributed by atoms with E-state index in [9.17, 15) is 19.2 Å². The van der Waals surface area contributed by atoms with Crippen molar-refractivity contribution in [3.05, 3.63) is 82.7 Å². The summed E-state index contributed by atoms with van der Waals surface area (Å²) in [7, 11) is 2.77. The van der Waals surface area contributed by atoms with Crippen LogP contribution in [-0.4, -0.2) is 48.2 Å². The van der Waals surface area contributed by atoms with Crippen molar-refractivity contribution < 1.29 is 23.9 Å². The van der Waals surface area contributed by atoms with Gasteiger partial charge in [0.1, 0.15) is 5.54 Å². The molecule has 184 valence electrons. The molecule has 1 N–H and O–H groups in total. The van der Waals surface area contributed by atoms with Crippen LogP contribution in [0.5, 0.6) is 0 Å². The summed E-state index contributed by atoms with van der Waals surface area (Å²) in [5.74, 6) is -2.86. The monoisotopic (exact) mass is 502 g/mol. The first-order valence-electron chi connectivity index (χ1n) is 11.7. The van der Waals surface area contributed by atoms with E-state index < -0.39 is 29.4 Å². The topological polar surface area (TPSA) is 92.8 Å². The van der Waals surface area contributed by atoms with Gasteiger partial charge in [-0.25, -0.2) is 0 Å². The van der Waals surface area contributed by atoms with Gasteiger partial charge in [-0.1, -0.05) is 54.6 Å². The van der Waals surface area contributed by atoms with Crippen molar-refractivity contribution in [3.63, 3.8) is 0 Å². The van der Waals surface area contributed by atoms with E-state index in [4.69, 9.17) is 4.74 Å². The van der Waals surface area contributed by atoms with Crippen LogP contribution in [0.2, 0.25) is 0 Å². The minimum absolute atomic E-state index is 0.0152. The molecule has 4 atom stereocenters. The number of ketones is 1. The Morgan fingerprint density at radius 2 is 1.75 bits per heavy atom. The molecular weight excluding hydrogens is 476 g/mol. The number of Topliss-reactive ketones (excluding diaryl/α,β-unsaturated/α-hetero) is 1. The van der Waals surface area contributed by atoms with E-state index in [1.54, 1.807) is 0 Å². The van der Waals surface area contributed by atoms with Crippen LogP contribution in [0.3, 0.4) is 0 Å². The summed E-state index contributed by atoms with van der Waals surface area (Å²) in [6.07, 6.45) is 0.214. The van der Waals surface area contributed by atoms with Crippen LogP contribution >= 0.6 is 11.3 Å². The molecule has 5 rings (SSSR count). The Labute approximate surface area is 213 Å². The number of carbonyl (C=O) groups is 4. The summed E-state index contributed by atoms with van der Waals surface area (Å²) >= 11 is 1.49. The predicted molar refractivity (Wildman–Crippen MR) is 135 cm³/mol. The van der Waals surface area contributed by atoms with Gasteiger partial charge in [0.25, 0.3) is 0 Å². The highest BCUT2D eigenvalue weighted by Gasteiger charge is 2.68. The van der Waals surface area contributed by atoms with Gasteiger partial charge in [0.15, 0.2) is 5.78 Å². The third-order valence-corrected chi connectivity index (χ3v) is 8.29. The maximum Gasteiger partial charge on any atom is 0.327 e. The zero-order chi connectivity index (χ0) is 25.6. The lowest BCUT2D eigenvalue weighted by atomic mass is 9.76. The molecule has 1 aromatic heterocycles. The SMILES string of the molecule is COC(=O)[C@]1(Cc2ccccc2)N[C@H](c2ccc(-c3cc(C(C)=O)cs3)cc2)[C@@H]2C(=O)N(C)C(=O)[C@@H]21. The maximum atomic E-state index is 13.3. The van der Waals surface area contributed by atoms with E-state index in [1.165, 1.54) is 32.4 Å². The minimum atomic E-state index is -1.38. The normalized spacial score (nSPS) is 25.2. The second-order valence-corrected chi connectivity index (χ2v) is 10.3. The molecule has 8 heteroatoms. The fourth-order valence-corrected chi connectivity index (χ4v) is 6.44. The maximum absolute atomic E-state index is 13.3. The number of hydrogen-bond donors (Lipinski definition) is 1. The molecule has 2 aromatic carbocycles. The van der Waals surface area contributed by atoms with Crippen LogP contribution < -0.4 is 5.32 Å². The fraction of sp³-hybridized carbons (Fsp3) is 0.286. The van der Waals surface area contributed by atoms with Crippen LogP contribution in [0.4, 0.5) is 0 Å². The number of methoxy groups -OCH3 is 1. The third-order valence-electron chi connectivity index (χ3n) is 7.31. The minimum Gasteiger partial charge on any atom is -0.468 e. The lowest BCUT2D eigenvalue weighted by Crippen LogP contribution is -2.57. The molecule has 0 spiro atoms. The number of carbonyl (C=O) groups excluding carboxylic acids is 4. The summed E-state index contributed by atoms with van der Waals surface area (Å²) < 4.78 is 5.21. The summed E-state index contributed by atoms with van der Waals surface area (Å²) in [4.78, 5) is 53.7. The van der Waals surface area contributed by atoms with Gasteiger partial charge in [0.2, 0.25) is 11.8 Å². The molecule has 2 aliphatic heterocycles. The zero-order valence-electron chi connectivity index (χ0n) is 20.2. The number of imide groups is 1. The van der Waals surface area contributed by atoms with Crippen LogP contribution in [0, 0.1) is 11.8 Å². The molecule has 0 aliphatic carbocycles. The first-order chi connectivity index (χ1) is 17.3. The lowest BCUT2D eigenvalue weighted by molar-refractivity contribution is -0.153. The van der Waals surface area contributed by atoms with Crippen LogP contribution in [0.1, 0.15) is 34.5 Å². The highest BCUT2D eigenvalue weighted by atomic mass is 32.1. The first-order valence-corrected chi connectivity index (χ1v) is 12.6. The molecule has 0 bridgehead atoms. The Morgan fingerprint density at radius 1 is 1.06 bits per heavy atom. The van der Waals surface area contributed by atoms with Gasteiger partial charge in [-0.2, -0.15) is 0 Å². The molecule has 0 unspecified atom stereocenters. The highest BCUT2D eigenvalue weighted by molar-refractivity contribution is 7.13. The molecule has 2 saturated heterocycles. The molecule has 2 amide bonds. The van der Waals surface area contributed by atoms with Crippen molar-refractivity contribution in [1.82, 2.24) is 10.2 Å². The zero-order valence-corrected chi connectivity index (χ0v) is 21.0. The number of nitrogens with one attached hydrogen (secondary N) is 1. The predicted octanol–water partition coefficient (Wildman–Crippen LogP) is 3.65. The summed E-state index contributed by atoms with van der Waals surface area (Å²) in [6.45, 7) is 1.54. The average molecular weight is 503 g/mol. The lowest BCUT2D eigenvalue weighted by Gasteiger charge is -2.32. The smallest absolute Gasteiger partial charge is 0.327 e. The summed E-state index contributed by atoms with van der Waals surface area (Å²) in [5, 5.41) is 5.23. The standard InChI is InChI=1S/C28H26N2O5S/c1-16(31)20-13-21(36-15-20)18-9-11-19(12-10-18)24-22-23(26(33)30(2)25(22)32)28(29-24,27(34)35-3)14-17-7-5-4-6-8-17/h4-13,15,22-24,29H,14H2,1-3H3/t22-,23-,24-,28-/m1/s1. The Kier molecular flexibility index (Phi) is 6.10. The number of benzene rings is 2. The number of hydrogen-bond acceptors (Lipinski definition) is 7. The molecule has 36 heavy (non-hydrogen) atoms. The molecule has 3 heterocycles. The fourth-order valence-electron chi connectivity index (χ4n) is 5.48. The number of amides is 2. The van der Waals surface area contributed by atoms with Crippen molar-refractivity contribution in [2.45, 2.75) is 24.9 Å². The molecule has 0 radical (unpaired) electrons. The van der Waals surface area contributed by atoms with Crippen LogP contribution in [0.25, 0.3) is 10.4 Å². The van der Waals surface area contributed by atoms with Crippen molar-refractivity contribution >= 4 is 34.9 Å². The number of fused-ring (bicyclic) bond motifs is 1. The third kappa shape index (κ3) is 3.77. The van der Waals surface area contributed by atoms with Crippen molar-refractivity contribution in [3.8, 4) is 10.4 Å². The molecular formula is C28H26N2O5S. The second-order valence-electron chi connectivity index (χ2n) is 9.36. The van der Waals surface area contributed by atoms with Crippen LogP contribution in [-0.2, 0) is 25.5 Å². The molecule has 2 fully saturated rings. The molecule has 2 aliphatic rings. The number of rotatable bonds is 6. The molecule has 0 saturated carbocycles. The van der Waals surface area contributed by atoms with E-state index in [2.05, 4.69) is 5.32 Å². The first kappa shape index (κ1) is 24.1. The number of likely N-dealkylation sites (tertiary alicyclic amines) is 1. The van der Waals surface area contributed by atoms with Gasteiger partial charge in [0.05, 0.1) is 18.9 Å². The second kappa shape index (κ2) is 9.11. The average Bonchev–Trinajstić information content (AvgIpc) is 3.57. The number of ether oxygens (including phenoxy) is 1. The number of esters is 1. The van der Waals surface area contributed by atoms with Crippen molar-refractivity contribution in [1.29, 1.82) is 0 Å². The Morgan fingerprint density at radius 3 is 2.36 bits per heavy atom. The van der Waals surface area contributed by atoms with Crippen LogP contribution in [0.15, 0.2) is 66.0 Å². The number of nitrogens with zero attached hydrogens (tertiary/aromatic N) is 1. The largest absolute Gasteiger partial charge is 0.468 e. The van der Waals surface area contributed by atoms with E-state index >= 15 is 0 Å². The van der Waals surface area contributed by atoms with Gasteiger partial charge < -0.3 is 4.74 Å². The van der Waals surface area contributed by atoms with E-state index in [1.807, 2.05) is 66.0 Å². The van der Waals surface area contributed by atoms with Crippen molar-refractivity contribution in [2.75, 3.05) is 14.2 Å². The Balaban J connectivity index is 1.55. The van der Waals surface area contributed by atoms with Gasteiger partial charge >= 0.3 is 5.97 Å². The van der Waals surface area contributed by atoms with E-state index in [-0.39, 0.29) is 24.0 Å². The van der Waals surface area contributed by atoms with Gasteiger partial charge in [-0.3, -0.25) is 29.4 Å². The van der Waals surface area contributed by atoms with Gasteiger partial charge in [0, 0.05) is 35.3 Å². The Bertz CT molecular complexity index is 1350.